The average Bonchev–Trinajstić information content (AvgIpc) is 2.92. The van der Waals surface area contributed by atoms with Gasteiger partial charge in [-0.1, -0.05) is 6.07 Å². The van der Waals surface area contributed by atoms with Gasteiger partial charge < -0.3 is 5.73 Å². The number of likely N-dealkylation sites (N-methyl/N-ethyl adjacent to an activating group) is 1. The molecule has 4 heteroatoms. The van der Waals surface area contributed by atoms with E-state index in [1.807, 2.05) is 24.5 Å². The fraction of sp³-hybridized carbons (Fsp3) is 0.400. The number of pyridine rings is 1. The molecule has 3 unspecified atom stereocenters. The summed E-state index contributed by atoms with van der Waals surface area (Å²) in [6.07, 6.45) is 3.66. The highest BCUT2D eigenvalue weighted by Gasteiger charge is 2.25. The molecule has 0 spiro atoms. The molecule has 0 radical (unpaired) electrons. The maximum absolute atomic E-state index is 6.20. The highest BCUT2D eigenvalue weighted by Crippen LogP contribution is 2.32. The summed E-state index contributed by atoms with van der Waals surface area (Å²) in [6.45, 7) is 4.28. The third-order valence-corrected chi connectivity index (χ3v) is 4.59. The molecule has 0 saturated carbocycles. The number of nitrogens with two attached hydrogens (primary N) is 1. The molecule has 0 aliphatic rings. The van der Waals surface area contributed by atoms with Gasteiger partial charge in [-0.3, -0.25) is 9.88 Å². The normalized spacial score (nSPS) is 16.3. The van der Waals surface area contributed by atoms with Crippen LogP contribution in [0.4, 0.5) is 0 Å². The molecule has 2 aromatic heterocycles. The number of hydrogen-bond acceptors (Lipinski definition) is 4. The van der Waals surface area contributed by atoms with Crippen molar-refractivity contribution in [2.45, 2.75) is 32.0 Å². The van der Waals surface area contributed by atoms with E-state index in [0.29, 0.717) is 6.04 Å². The predicted octanol–water partition coefficient (Wildman–Crippen LogP) is 3.22. The van der Waals surface area contributed by atoms with Crippen molar-refractivity contribution in [1.29, 1.82) is 0 Å². The molecule has 19 heavy (non-hydrogen) atoms. The minimum atomic E-state index is 0.0646. The number of hydrogen-bond donors (Lipinski definition) is 1. The summed E-state index contributed by atoms with van der Waals surface area (Å²) in [4.78, 5) is 7.79. The zero-order valence-electron chi connectivity index (χ0n) is 11.7. The van der Waals surface area contributed by atoms with Gasteiger partial charge in [0.25, 0.3) is 0 Å². The van der Waals surface area contributed by atoms with Crippen molar-refractivity contribution in [3.63, 3.8) is 0 Å². The van der Waals surface area contributed by atoms with E-state index >= 15 is 0 Å². The van der Waals surface area contributed by atoms with Gasteiger partial charge in [0.05, 0.1) is 6.04 Å². The van der Waals surface area contributed by atoms with Crippen molar-refractivity contribution in [3.05, 3.63) is 52.5 Å². The molecule has 0 bridgehead atoms. The number of aromatic nitrogens is 1. The number of nitrogens with zero attached hydrogens (tertiary/aromatic N) is 2. The van der Waals surface area contributed by atoms with Gasteiger partial charge >= 0.3 is 0 Å². The van der Waals surface area contributed by atoms with Gasteiger partial charge in [0.15, 0.2) is 0 Å². The molecule has 2 N–H and O–H groups in total. The Balaban J connectivity index is 2.25. The first-order chi connectivity index (χ1) is 9.11. The van der Waals surface area contributed by atoms with Crippen LogP contribution in [0, 0.1) is 0 Å². The second-order valence-electron chi connectivity index (χ2n) is 4.94. The summed E-state index contributed by atoms with van der Waals surface area (Å²) in [5.74, 6) is 0. The Morgan fingerprint density at radius 1 is 1.21 bits per heavy atom. The molecular weight excluding hydrogens is 254 g/mol. The molecule has 3 nitrogen and oxygen atoms in total. The Morgan fingerprint density at radius 3 is 2.42 bits per heavy atom. The van der Waals surface area contributed by atoms with Crippen molar-refractivity contribution in [2.24, 2.45) is 5.73 Å². The van der Waals surface area contributed by atoms with Gasteiger partial charge in [-0.2, -0.15) is 0 Å². The molecule has 2 aromatic rings. The molecule has 3 atom stereocenters. The molecule has 0 fully saturated rings. The Hall–Kier alpha value is -1.23. The van der Waals surface area contributed by atoms with E-state index in [4.69, 9.17) is 5.73 Å². The molecule has 0 aliphatic carbocycles. The number of rotatable bonds is 5. The zero-order chi connectivity index (χ0) is 13.8. The second-order valence-corrected chi connectivity index (χ2v) is 5.92. The molecule has 102 valence electrons. The van der Waals surface area contributed by atoms with Gasteiger partial charge in [0, 0.05) is 29.4 Å². The Labute approximate surface area is 119 Å². The van der Waals surface area contributed by atoms with Gasteiger partial charge in [-0.05, 0) is 50.0 Å². The summed E-state index contributed by atoms with van der Waals surface area (Å²) in [6, 6.07) is 8.98. The summed E-state index contributed by atoms with van der Waals surface area (Å²) >= 11 is 1.79. The van der Waals surface area contributed by atoms with Crippen LogP contribution in [-0.4, -0.2) is 23.0 Å². The minimum absolute atomic E-state index is 0.0646. The summed E-state index contributed by atoms with van der Waals surface area (Å²) in [5, 5.41) is 2.12. The number of thiophene rings is 1. The fourth-order valence-corrected chi connectivity index (χ4v) is 3.28. The van der Waals surface area contributed by atoms with E-state index in [2.05, 4.69) is 48.3 Å². The van der Waals surface area contributed by atoms with Crippen molar-refractivity contribution < 1.29 is 0 Å². The van der Waals surface area contributed by atoms with Crippen molar-refractivity contribution in [1.82, 2.24) is 9.88 Å². The van der Waals surface area contributed by atoms with Crippen LogP contribution in [0.15, 0.2) is 42.0 Å². The predicted molar refractivity (Wildman–Crippen MR) is 81.1 cm³/mol. The van der Waals surface area contributed by atoms with E-state index in [0.717, 1.165) is 0 Å². The molecule has 2 heterocycles. The lowest BCUT2D eigenvalue weighted by Crippen LogP contribution is -2.38. The van der Waals surface area contributed by atoms with Crippen LogP contribution in [0.5, 0.6) is 0 Å². The lowest BCUT2D eigenvalue weighted by atomic mass is 9.99. The van der Waals surface area contributed by atoms with E-state index in [9.17, 15) is 0 Å². The second kappa shape index (κ2) is 6.28. The first kappa shape index (κ1) is 14.2. The Morgan fingerprint density at radius 2 is 1.89 bits per heavy atom. The maximum Gasteiger partial charge on any atom is 0.0500 e. The van der Waals surface area contributed by atoms with Crippen LogP contribution < -0.4 is 5.73 Å². The largest absolute Gasteiger partial charge is 0.326 e. The highest BCUT2D eigenvalue weighted by atomic mass is 32.1. The topological polar surface area (TPSA) is 42.1 Å². The SMILES string of the molecule is CC(N)C(c1ccncc1)N(C)C(C)c1cccs1. The summed E-state index contributed by atoms with van der Waals surface area (Å²) < 4.78 is 0. The van der Waals surface area contributed by atoms with E-state index < -0.39 is 0 Å². The molecule has 0 saturated heterocycles. The van der Waals surface area contributed by atoms with Crippen LogP contribution in [0.1, 0.15) is 36.4 Å². The van der Waals surface area contributed by atoms with Crippen LogP contribution in [0.3, 0.4) is 0 Å². The van der Waals surface area contributed by atoms with Crippen molar-refractivity contribution in [3.8, 4) is 0 Å². The van der Waals surface area contributed by atoms with Crippen LogP contribution in [-0.2, 0) is 0 Å². The van der Waals surface area contributed by atoms with Gasteiger partial charge in [-0.25, -0.2) is 0 Å². The van der Waals surface area contributed by atoms with Crippen LogP contribution >= 0.6 is 11.3 Å². The quantitative estimate of drug-likeness (QED) is 0.911. The van der Waals surface area contributed by atoms with Gasteiger partial charge in [0.2, 0.25) is 0 Å². The molecular formula is C15H21N3S. The standard InChI is InChI=1S/C15H21N3S/c1-11(16)15(13-6-8-17-9-7-13)18(3)12(2)14-5-4-10-19-14/h4-12,15H,16H2,1-3H3. The monoisotopic (exact) mass is 275 g/mol. The van der Waals surface area contributed by atoms with Crippen molar-refractivity contribution >= 4 is 11.3 Å². The first-order valence-electron chi connectivity index (χ1n) is 6.52. The average molecular weight is 275 g/mol. The first-order valence-corrected chi connectivity index (χ1v) is 7.40. The molecule has 0 aliphatic heterocycles. The summed E-state index contributed by atoms with van der Waals surface area (Å²) in [5.41, 5.74) is 7.42. The van der Waals surface area contributed by atoms with Gasteiger partial charge in [-0.15, -0.1) is 11.3 Å². The fourth-order valence-electron chi connectivity index (χ4n) is 2.44. The summed E-state index contributed by atoms with van der Waals surface area (Å²) in [7, 11) is 2.14. The molecule has 2 rings (SSSR count). The third-order valence-electron chi connectivity index (χ3n) is 3.55. The lowest BCUT2D eigenvalue weighted by Gasteiger charge is -2.35. The minimum Gasteiger partial charge on any atom is -0.326 e. The molecule has 0 aromatic carbocycles. The Bertz CT molecular complexity index is 481. The third kappa shape index (κ3) is 3.21. The van der Waals surface area contributed by atoms with E-state index in [1.165, 1.54) is 10.4 Å². The zero-order valence-corrected chi connectivity index (χ0v) is 12.5. The van der Waals surface area contributed by atoms with E-state index in [1.54, 1.807) is 11.3 Å². The smallest absolute Gasteiger partial charge is 0.0500 e. The van der Waals surface area contributed by atoms with Crippen LogP contribution in [0.25, 0.3) is 0 Å². The van der Waals surface area contributed by atoms with Gasteiger partial charge in [0.1, 0.15) is 0 Å². The molecule has 0 amide bonds. The lowest BCUT2D eigenvalue weighted by molar-refractivity contribution is 0.168. The van der Waals surface area contributed by atoms with Crippen LogP contribution in [0.2, 0.25) is 0 Å². The van der Waals surface area contributed by atoms with Crippen molar-refractivity contribution in [2.75, 3.05) is 7.05 Å². The highest BCUT2D eigenvalue weighted by molar-refractivity contribution is 7.10. The van der Waals surface area contributed by atoms with E-state index in [-0.39, 0.29) is 12.1 Å². The Kier molecular flexibility index (Phi) is 4.69. The maximum atomic E-state index is 6.20.